The molecule has 0 bridgehead atoms. The van der Waals surface area contributed by atoms with Gasteiger partial charge in [-0.2, -0.15) is 0 Å². The fourth-order valence-electron chi connectivity index (χ4n) is 4.96. The van der Waals surface area contributed by atoms with Gasteiger partial charge < -0.3 is 9.80 Å². The molecule has 0 radical (unpaired) electrons. The minimum atomic E-state index is -1.00. The topological polar surface area (TPSA) is 108 Å². The number of hydrogen-bond donors (Lipinski definition) is 1. The van der Waals surface area contributed by atoms with E-state index in [1.807, 2.05) is 22.6 Å². The molecule has 2 aliphatic rings. The molecule has 32 heavy (non-hydrogen) atoms. The van der Waals surface area contributed by atoms with Crippen LogP contribution < -0.4 is 0 Å². The molecule has 1 aromatic heterocycles. The lowest BCUT2D eigenvalue weighted by Crippen LogP contribution is -2.47. The maximum Gasteiger partial charge on any atom is 0.234 e. The summed E-state index contributed by atoms with van der Waals surface area (Å²) in [7, 11) is 0. The highest BCUT2D eigenvalue weighted by molar-refractivity contribution is 5.85. The number of hydroxylamine groups is 2. The third kappa shape index (κ3) is 5.53. The summed E-state index contributed by atoms with van der Waals surface area (Å²) in [6, 6.07) is -0.209. The maximum atomic E-state index is 13.8. The molecule has 2 heterocycles. The third-order valence-electron chi connectivity index (χ3n) is 6.76. The fraction of sp³-hybridized carbons (Fsp3) is 0.773. The van der Waals surface area contributed by atoms with Gasteiger partial charge in [0.2, 0.25) is 12.3 Å². The van der Waals surface area contributed by atoms with E-state index >= 15 is 0 Å². The highest BCUT2D eigenvalue weighted by Crippen LogP contribution is 2.37. The zero-order chi connectivity index (χ0) is 23.1. The zero-order valence-electron chi connectivity index (χ0n) is 19.6. The number of tetrazole rings is 1. The molecule has 2 fully saturated rings. The Bertz CT molecular complexity index is 799. The summed E-state index contributed by atoms with van der Waals surface area (Å²) < 4.78 is 1.81. The molecule has 0 spiro atoms. The molecule has 1 N–H and O–H groups in total. The number of carbonyl (C=O) groups excluding carboxylic acids is 2. The smallest absolute Gasteiger partial charge is 0.234 e. The van der Waals surface area contributed by atoms with Crippen LogP contribution in [0.5, 0.6) is 0 Å². The van der Waals surface area contributed by atoms with Crippen molar-refractivity contribution < 1.29 is 14.8 Å². The lowest BCUT2D eigenvalue weighted by atomic mass is 9.85. The summed E-state index contributed by atoms with van der Waals surface area (Å²) in [5, 5.41) is 22.9. The predicted octanol–water partition coefficient (Wildman–Crippen LogP) is 2.03. The second-order valence-electron chi connectivity index (χ2n) is 9.07. The molecule has 1 saturated heterocycles. The maximum absolute atomic E-state index is 13.8. The number of aromatic nitrogens is 4. The van der Waals surface area contributed by atoms with Crippen molar-refractivity contribution in [3.63, 3.8) is 0 Å². The number of nitrogens with zero attached hydrogens (tertiary/aromatic N) is 7. The summed E-state index contributed by atoms with van der Waals surface area (Å²) in [6.45, 7) is 10.0. The molecule has 2 amide bonds. The molecular weight excluding hydrogens is 410 g/mol. The van der Waals surface area contributed by atoms with Gasteiger partial charge in [0, 0.05) is 13.1 Å². The largest absolute Gasteiger partial charge is 0.332 e. The van der Waals surface area contributed by atoms with E-state index in [1.54, 1.807) is 0 Å². The number of amides is 2. The van der Waals surface area contributed by atoms with Crippen LogP contribution in [0.25, 0.3) is 0 Å². The summed E-state index contributed by atoms with van der Waals surface area (Å²) >= 11 is 0. The van der Waals surface area contributed by atoms with Crippen LogP contribution in [0.4, 0.5) is 0 Å². The molecule has 0 aromatic carbocycles. The number of rotatable bonds is 11. The van der Waals surface area contributed by atoms with E-state index in [4.69, 9.17) is 0 Å². The van der Waals surface area contributed by atoms with Crippen LogP contribution in [-0.4, -0.2) is 85.3 Å². The van der Waals surface area contributed by atoms with E-state index in [0.29, 0.717) is 30.4 Å². The Hall–Kier alpha value is -2.33. The first-order valence-corrected chi connectivity index (χ1v) is 11.8. The first-order chi connectivity index (χ1) is 15.4. The van der Waals surface area contributed by atoms with Crippen LogP contribution in [0, 0.1) is 5.41 Å². The standard InChI is InChI=1S/C22H37N7O3/c1-4-26(5-2)13-14-29-20(23-24-25-29)19-11-8-12-28(19)21(31)22(3,16-27(32)17-30)15-18-9-6-7-10-18/h15,17,19,32H,4-14,16H2,1-3H3/t19-,22?/m0/s1. The SMILES string of the molecule is CCN(CC)CCn1nnnc1[C@@H]1CCCN1C(=O)C(C)(C=C1CCCC1)CN(O)C=O. The van der Waals surface area contributed by atoms with Crippen LogP contribution in [0.3, 0.4) is 0 Å². The van der Waals surface area contributed by atoms with Gasteiger partial charge in [0.15, 0.2) is 5.82 Å². The first kappa shape index (κ1) is 24.3. The van der Waals surface area contributed by atoms with E-state index < -0.39 is 5.41 Å². The number of carbonyl (C=O) groups is 2. The monoisotopic (exact) mass is 447 g/mol. The van der Waals surface area contributed by atoms with Crippen LogP contribution in [0.1, 0.15) is 71.2 Å². The van der Waals surface area contributed by atoms with Crippen LogP contribution in [-0.2, 0) is 16.1 Å². The van der Waals surface area contributed by atoms with Crippen molar-refractivity contribution in [1.29, 1.82) is 0 Å². The predicted molar refractivity (Wildman–Crippen MR) is 119 cm³/mol. The van der Waals surface area contributed by atoms with Crippen molar-refractivity contribution >= 4 is 12.3 Å². The van der Waals surface area contributed by atoms with E-state index in [2.05, 4.69) is 34.3 Å². The molecule has 1 unspecified atom stereocenters. The lowest BCUT2D eigenvalue weighted by molar-refractivity contribution is -0.160. The minimum Gasteiger partial charge on any atom is -0.332 e. The van der Waals surface area contributed by atoms with Gasteiger partial charge >= 0.3 is 0 Å². The van der Waals surface area contributed by atoms with E-state index in [0.717, 1.165) is 58.2 Å². The Morgan fingerprint density at radius 2 is 1.97 bits per heavy atom. The van der Waals surface area contributed by atoms with Gasteiger partial charge in [-0.15, -0.1) is 5.10 Å². The molecule has 1 aliphatic heterocycles. The molecular formula is C22H37N7O3. The molecule has 3 rings (SSSR count). The first-order valence-electron chi connectivity index (χ1n) is 11.8. The quantitative estimate of drug-likeness (QED) is 0.239. The Morgan fingerprint density at radius 3 is 2.62 bits per heavy atom. The normalized spacial score (nSPS) is 20.6. The second-order valence-corrected chi connectivity index (χ2v) is 9.07. The van der Waals surface area contributed by atoms with Crippen molar-refractivity contribution in [3.05, 3.63) is 17.5 Å². The van der Waals surface area contributed by atoms with Gasteiger partial charge in [0.1, 0.15) is 0 Å². The van der Waals surface area contributed by atoms with Gasteiger partial charge in [-0.3, -0.25) is 14.8 Å². The number of likely N-dealkylation sites (N-methyl/N-ethyl adjacent to an activating group) is 1. The summed E-state index contributed by atoms with van der Waals surface area (Å²) in [5.41, 5.74) is 0.220. The van der Waals surface area contributed by atoms with Crippen LogP contribution >= 0.6 is 0 Å². The van der Waals surface area contributed by atoms with Crippen molar-refractivity contribution in [3.8, 4) is 0 Å². The van der Waals surface area contributed by atoms with Crippen molar-refractivity contribution in [2.24, 2.45) is 5.41 Å². The minimum absolute atomic E-state index is 0.0745. The van der Waals surface area contributed by atoms with E-state index in [1.165, 1.54) is 5.57 Å². The third-order valence-corrected chi connectivity index (χ3v) is 6.76. The summed E-state index contributed by atoms with van der Waals surface area (Å²) in [4.78, 5) is 29.1. The van der Waals surface area contributed by atoms with Gasteiger partial charge in [0.05, 0.1) is 24.5 Å². The van der Waals surface area contributed by atoms with E-state index in [9.17, 15) is 14.8 Å². The lowest BCUT2D eigenvalue weighted by Gasteiger charge is -2.35. The Labute approximate surface area is 190 Å². The number of allylic oxidation sites excluding steroid dienone is 1. The van der Waals surface area contributed by atoms with Crippen molar-refractivity contribution in [2.45, 2.75) is 71.9 Å². The van der Waals surface area contributed by atoms with Crippen LogP contribution in [0.2, 0.25) is 0 Å². The zero-order valence-corrected chi connectivity index (χ0v) is 19.6. The average Bonchev–Trinajstić information content (AvgIpc) is 3.55. The number of hydrogen-bond acceptors (Lipinski definition) is 7. The van der Waals surface area contributed by atoms with Crippen molar-refractivity contribution in [2.75, 3.05) is 32.7 Å². The van der Waals surface area contributed by atoms with Crippen LogP contribution in [0.15, 0.2) is 11.6 Å². The fourth-order valence-corrected chi connectivity index (χ4v) is 4.96. The number of likely N-dealkylation sites (tertiary alicyclic amines) is 1. The molecule has 178 valence electrons. The molecule has 10 heteroatoms. The highest BCUT2D eigenvalue weighted by atomic mass is 16.5. The molecule has 10 nitrogen and oxygen atoms in total. The molecule has 2 atom stereocenters. The van der Waals surface area contributed by atoms with E-state index in [-0.39, 0.29) is 18.5 Å². The second kappa shape index (κ2) is 11.0. The Balaban J connectivity index is 1.83. The Kier molecular flexibility index (Phi) is 8.36. The van der Waals surface area contributed by atoms with Gasteiger partial charge in [-0.05, 0) is 69.0 Å². The molecule has 1 saturated carbocycles. The molecule has 1 aromatic rings. The summed E-state index contributed by atoms with van der Waals surface area (Å²) in [6.07, 6.45) is 8.14. The Morgan fingerprint density at radius 1 is 1.25 bits per heavy atom. The average molecular weight is 448 g/mol. The highest BCUT2D eigenvalue weighted by Gasteiger charge is 2.43. The van der Waals surface area contributed by atoms with Crippen molar-refractivity contribution in [1.82, 2.24) is 35.1 Å². The summed E-state index contributed by atoms with van der Waals surface area (Å²) in [5.74, 6) is 0.605. The van der Waals surface area contributed by atoms with Gasteiger partial charge in [-0.1, -0.05) is 25.5 Å². The van der Waals surface area contributed by atoms with Gasteiger partial charge in [0.25, 0.3) is 0 Å². The molecule has 1 aliphatic carbocycles. The van der Waals surface area contributed by atoms with Gasteiger partial charge in [-0.25, -0.2) is 9.75 Å².